The third-order valence-corrected chi connectivity index (χ3v) is 2.33. The minimum absolute atomic E-state index is 0.0728. The van der Waals surface area contributed by atoms with Crippen molar-refractivity contribution in [3.8, 4) is 0 Å². The number of anilines is 2. The lowest BCUT2D eigenvalue weighted by Crippen LogP contribution is -2.12. The van der Waals surface area contributed by atoms with Gasteiger partial charge in [0.15, 0.2) is 0 Å². The van der Waals surface area contributed by atoms with E-state index >= 15 is 0 Å². The molecule has 1 rings (SSSR count). The molecule has 0 aliphatic rings. The third kappa shape index (κ3) is 7.43. The molecule has 0 saturated heterocycles. The SMILES string of the molecule is CCOCCOCCNc1cccc(NC(C)=O)c1. The molecule has 0 aromatic heterocycles. The summed E-state index contributed by atoms with van der Waals surface area (Å²) in [5.41, 5.74) is 1.74. The summed E-state index contributed by atoms with van der Waals surface area (Å²) in [6.45, 7) is 6.76. The summed E-state index contributed by atoms with van der Waals surface area (Å²) >= 11 is 0. The molecule has 0 unspecified atom stereocenters. The van der Waals surface area contributed by atoms with Gasteiger partial charge in [0.05, 0.1) is 19.8 Å². The van der Waals surface area contributed by atoms with Crippen LogP contribution < -0.4 is 10.6 Å². The van der Waals surface area contributed by atoms with E-state index in [1.807, 2.05) is 31.2 Å². The minimum Gasteiger partial charge on any atom is -0.383 e. The van der Waals surface area contributed by atoms with Gasteiger partial charge in [0.2, 0.25) is 5.91 Å². The average molecular weight is 266 g/mol. The van der Waals surface area contributed by atoms with E-state index in [0.29, 0.717) is 19.8 Å². The Hall–Kier alpha value is -1.59. The Morgan fingerprint density at radius 3 is 2.63 bits per heavy atom. The molecule has 0 atom stereocenters. The standard InChI is InChI=1S/C14H22N2O3/c1-3-18-9-10-19-8-7-15-13-5-4-6-14(11-13)16-12(2)17/h4-6,11,15H,3,7-10H2,1-2H3,(H,16,17). The maximum Gasteiger partial charge on any atom is 0.221 e. The molecular weight excluding hydrogens is 244 g/mol. The van der Waals surface area contributed by atoms with Crippen molar-refractivity contribution in [3.63, 3.8) is 0 Å². The smallest absolute Gasteiger partial charge is 0.221 e. The molecule has 0 spiro atoms. The van der Waals surface area contributed by atoms with E-state index in [2.05, 4.69) is 10.6 Å². The van der Waals surface area contributed by atoms with E-state index < -0.39 is 0 Å². The number of ether oxygens (including phenoxy) is 2. The molecule has 106 valence electrons. The lowest BCUT2D eigenvalue weighted by Gasteiger charge is -2.09. The van der Waals surface area contributed by atoms with Gasteiger partial charge in [-0.05, 0) is 25.1 Å². The third-order valence-electron chi connectivity index (χ3n) is 2.33. The van der Waals surface area contributed by atoms with Crippen LogP contribution in [0.3, 0.4) is 0 Å². The highest BCUT2D eigenvalue weighted by molar-refractivity contribution is 5.89. The van der Waals surface area contributed by atoms with Crippen LogP contribution in [-0.4, -0.2) is 38.9 Å². The lowest BCUT2D eigenvalue weighted by atomic mass is 10.2. The summed E-state index contributed by atoms with van der Waals surface area (Å²) in [6, 6.07) is 7.59. The molecule has 0 saturated carbocycles. The van der Waals surface area contributed by atoms with Crippen LogP contribution in [0.5, 0.6) is 0 Å². The highest BCUT2D eigenvalue weighted by Crippen LogP contribution is 2.14. The summed E-state index contributed by atoms with van der Waals surface area (Å²) in [5, 5.41) is 5.98. The zero-order valence-electron chi connectivity index (χ0n) is 11.6. The van der Waals surface area contributed by atoms with Gasteiger partial charge < -0.3 is 20.1 Å². The first-order chi connectivity index (χ1) is 9.22. The number of hydrogen-bond acceptors (Lipinski definition) is 4. The van der Waals surface area contributed by atoms with Crippen LogP contribution >= 0.6 is 0 Å². The Morgan fingerprint density at radius 2 is 1.89 bits per heavy atom. The van der Waals surface area contributed by atoms with E-state index in [9.17, 15) is 4.79 Å². The van der Waals surface area contributed by atoms with Gasteiger partial charge in [-0.1, -0.05) is 6.07 Å². The van der Waals surface area contributed by atoms with Crippen LogP contribution in [0, 0.1) is 0 Å². The van der Waals surface area contributed by atoms with E-state index in [-0.39, 0.29) is 5.91 Å². The summed E-state index contributed by atoms with van der Waals surface area (Å²) in [6.07, 6.45) is 0. The lowest BCUT2D eigenvalue weighted by molar-refractivity contribution is -0.114. The summed E-state index contributed by atoms with van der Waals surface area (Å²) in [7, 11) is 0. The number of carbonyl (C=O) groups excluding carboxylic acids is 1. The zero-order valence-corrected chi connectivity index (χ0v) is 11.6. The fraction of sp³-hybridized carbons (Fsp3) is 0.500. The molecule has 0 radical (unpaired) electrons. The average Bonchev–Trinajstić information content (AvgIpc) is 2.37. The number of amides is 1. The maximum atomic E-state index is 10.9. The molecule has 1 aromatic rings. The van der Waals surface area contributed by atoms with Crippen molar-refractivity contribution in [2.24, 2.45) is 0 Å². The summed E-state index contributed by atoms with van der Waals surface area (Å²) in [5.74, 6) is -0.0728. The summed E-state index contributed by atoms with van der Waals surface area (Å²) < 4.78 is 10.6. The second-order valence-electron chi connectivity index (χ2n) is 4.00. The van der Waals surface area contributed by atoms with Gasteiger partial charge in [-0.3, -0.25) is 4.79 Å². The van der Waals surface area contributed by atoms with Crippen LogP contribution in [0.1, 0.15) is 13.8 Å². The van der Waals surface area contributed by atoms with Crippen molar-refractivity contribution in [1.29, 1.82) is 0 Å². The van der Waals surface area contributed by atoms with Crippen molar-refractivity contribution in [2.75, 3.05) is 43.6 Å². The molecular formula is C14H22N2O3. The minimum atomic E-state index is -0.0728. The Kier molecular flexibility index (Phi) is 7.62. The van der Waals surface area contributed by atoms with Crippen LogP contribution in [-0.2, 0) is 14.3 Å². The maximum absolute atomic E-state index is 10.9. The molecule has 1 aromatic carbocycles. The van der Waals surface area contributed by atoms with Crippen molar-refractivity contribution < 1.29 is 14.3 Å². The first-order valence-corrected chi connectivity index (χ1v) is 6.49. The van der Waals surface area contributed by atoms with Crippen molar-refractivity contribution in [3.05, 3.63) is 24.3 Å². The van der Waals surface area contributed by atoms with E-state index in [4.69, 9.17) is 9.47 Å². The Labute approximate surface area is 114 Å². The number of carbonyl (C=O) groups is 1. The predicted octanol–water partition coefficient (Wildman–Crippen LogP) is 2.11. The largest absolute Gasteiger partial charge is 0.383 e. The second-order valence-corrected chi connectivity index (χ2v) is 4.00. The van der Waals surface area contributed by atoms with Crippen LogP contribution in [0.25, 0.3) is 0 Å². The molecule has 5 nitrogen and oxygen atoms in total. The molecule has 19 heavy (non-hydrogen) atoms. The molecule has 0 aliphatic carbocycles. The van der Waals surface area contributed by atoms with Gasteiger partial charge >= 0.3 is 0 Å². The highest BCUT2D eigenvalue weighted by atomic mass is 16.5. The molecule has 2 N–H and O–H groups in total. The quantitative estimate of drug-likeness (QED) is 0.672. The topological polar surface area (TPSA) is 59.6 Å². The zero-order chi connectivity index (χ0) is 13.9. The van der Waals surface area contributed by atoms with Crippen molar-refractivity contribution in [1.82, 2.24) is 0 Å². The van der Waals surface area contributed by atoms with Gasteiger partial charge in [0, 0.05) is 31.5 Å². The normalized spacial score (nSPS) is 10.2. The Morgan fingerprint density at radius 1 is 1.16 bits per heavy atom. The van der Waals surface area contributed by atoms with Gasteiger partial charge in [-0.25, -0.2) is 0 Å². The number of benzene rings is 1. The highest BCUT2D eigenvalue weighted by Gasteiger charge is 1.97. The van der Waals surface area contributed by atoms with Gasteiger partial charge in [-0.15, -0.1) is 0 Å². The van der Waals surface area contributed by atoms with Gasteiger partial charge in [0.1, 0.15) is 0 Å². The molecule has 0 heterocycles. The monoisotopic (exact) mass is 266 g/mol. The fourth-order valence-corrected chi connectivity index (χ4v) is 1.54. The number of hydrogen-bond donors (Lipinski definition) is 2. The number of rotatable bonds is 9. The molecule has 0 aliphatic heterocycles. The van der Waals surface area contributed by atoms with Crippen molar-refractivity contribution in [2.45, 2.75) is 13.8 Å². The van der Waals surface area contributed by atoms with E-state index in [1.165, 1.54) is 6.92 Å². The van der Waals surface area contributed by atoms with Crippen LogP contribution in [0.2, 0.25) is 0 Å². The van der Waals surface area contributed by atoms with E-state index in [0.717, 1.165) is 24.5 Å². The first kappa shape index (κ1) is 15.5. The van der Waals surface area contributed by atoms with Crippen molar-refractivity contribution >= 4 is 17.3 Å². The van der Waals surface area contributed by atoms with Gasteiger partial charge in [0.25, 0.3) is 0 Å². The second kappa shape index (κ2) is 9.35. The molecule has 0 fully saturated rings. The molecule has 1 amide bonds. The van der Waals surface area contributed by atoms with Crippen LogP contribution in [0.4, 0.5) is 11.4 Å². The molecule has 5 heteroatoms. The van der Waals surface area contributed by atoms with Crippen LogP contribution in [0.15, 0.2) is 24.3 Å². The Balaban J connectivity index is 2.20. The fourth-order valence-electron chi connectivity index (χ4n) is 1.54. The Bertz CT molecular complexity index is 383. The van der Waals surface area contributed by atoms with E-state index in [1.54, 1.807) is 0 Å². The molecule has 0 bridgehead atoms. The number of nitrogens with one attached hydrogen (secondary N) is 2. The predicted molar refractivity (Wildman–Crippen MR) is 76.5 cm³/mol. The van der Waals surface area contributed by atoms with Gasteiger partial charge in [-0.2, -0.15) is 0 Å². The summed E-state index contributed by atoms with van der Waals surface area (Å²) in [4.78, 5) is 10.9. The first-order valence-electron chi connectivity index (χ1n) is 6.49.